The van der Waals surface area contributed by atoms with E-state index in [1.165, 1.54) is 0 Å². The van der Waals surface area contributed by atoms with Gasteiger partial charge in [-0.2, -0.15) is 0 Å². The van der Waals surface area contributed by atoms with Crippen molar-refractivity contribution in [2.24, 2.45) is 11.7 Å². The molecule has 0 radical (unpaired) electrons. The highest BCUT2D eigenvalue weighted by molar-refractivity contribution is 7.89. The molecule has 20 heavy (non-hydrogen) atoms. The van der Waals surface area contributed by atoms with Crippen LogP contribution in [0.5, 0.6) is 0 Å². The lowest BCUT2D eigenvalue weighted by Gasteiger charge is -2.17. The van der Waals surface area contributed by atoms with E-state index >= 15 is 0 Å². The predicted molar refractivity (Wildman–Crippen MR) is 79.9 cm³/mol. The van der Waals surface area contributed by atoms with Crippen LogP contribution in [-0.2, 0) is 16.6 Å². The van der Waals surface area contributed by atoms with Crippen molar-refractivity contribution in [2.75, 3.05) is 6.54 Å². The Hall–Kier alpha value is -0.920. The van der Waals surface area contributed by atoms with Gasteiger partial charge in [0.2, 0.25) is 0 Å². The lowest BCUT2D eigenvalue weighted by atomic mass is 10.1. The van der Waals surface area contributed by atoms with Gasteiger partial charge in [0.05, 0.1) is 0 Å². The van der Waals surface area contributed by atoms with Crippen molar-refractivity contribution >= 4 is 10.0 Å². The minimum atomic E-state index is -3.60. The van der Waals surface area contributed by atoms with E-state index in [2.05, 4.69) is 9.71 Å². The molecule has 0 aliphatic heterocycles. The summed E-state index contributed by atoms with van der Waals surface area (Å²) in [6.45, 7) is 8.98. The Morgan fingerprint density at radius 1 is 1.45 bits per heavy atom. The van der Waals surface area contributed by atoms with E-state index in [0.717, 1.165) is 13.0 Å². The van der Waals surface area contributed by atoms with Crippen LogP contribution < -0.4 is 10.5 Å². The van der Waals surface area contributed by atoms with E-state index in [1.807, 2.05) is 32.3 Å². The first-order valence-corrected chi connectivity index (χ1v) is 8.54. The molecule has 7 heteroatoms. The zero-order chi connectivity index (χ0) is 15.3. The minimum absolute atomic E-state index is 0.0747. The van der Waals surface area contributed by atoms with Crippen LogP contribution in [0.1, 0.15) is 39.4 Å². The molecular weight excluding hydrogens is 276 g/mol. The largest absolute Gasteiger partial charge is 0.334 e. The number of nitrogens with two attached hydrogens (primary N) is 1. The Bertz CT molecular complexity index is 522. The molecule has 0 aliphatic carbocycles. The van der Waals surface area contributed by atoms with Crippen LogP contribution in [-0.4, -0.2) is 30.6 Å². The number of sulfonamides is 1. The summed E-state index contributed by atoms with van der Waals surface area (Å²) in [6.07, 6.45) is 3.23. The van der Waals surface area contributed by atoms with Crippen LogP contribution in [0.4, 0.5) is 0 Å². The van der Waals surface area contributed by atoms with Gasteiger partial charge in [-0.15, -0.1) is 0 Å². The van der Waals surface area contributed by atoms with Crippen LogP contribution in [0, 0.1) is 12.8 Å². The van der Waals surface area contributed by atoms with Crippen molar-refractivity contribution in [1.82, 2.24) is 14.3 Å². The van der Waals surface area contributed by atoms with Crippen molar-refractivity contribution in [3.05, 3.63) is 12.0 Å². The third-order valence-corrected chi connectivity index (χ3v) is 4.45. The fourth-order valence-corrected chi connectivity index (χ4v) is 3.39. The number of aromatic nitrogens is 2. The van der Waals surface area contributed by atoms with Crippen molar-refractivity contribution in [3.8, 4) is 0 Å². The van der Waals surface area contributed by atoms with Crippen LogP contribution in [0.3, 0.4) is 0 Å². The number of hydrogen-bond donors (Lipinski definition) is 2. The maximum absolute atomic E-state index is 12.3. The average molecular weight is 302 g/mol. The van der Waals surface area contributed by atoms with Crippen LogP contribution in [0.15, 0.2) is 11.2 Å². The standard InChI is InChI=1S/C13H26N4O2S/c1-5-6-17-9-13(15-11(17)4)20(18,19)16-12(8-14)7-10(2)3/h9-10,12,16H,5-8,14H2,1-4H3. The summed E-state index contributed by atoms with van der Waals surface area (Å²) in [5.74, 6) is 1.09. The van der Waals surface area contributed by atoms with Crippen LogP contribution >= 0.6 is 0 Å². The highest BCUT2D eigenvalue weighted by Crippen LogP contribution is 2.12. The molecule has 1 aromatic heterocycles. The Balaban J connectivity index is 2.90. The van der Waals surface area contributed by atoms with Gasteiger partial charge in [-0.3, -0.25) is 0 Å². The summed E-state index contributed by atoms with van der Waals surface area (Å²) in [5, 5.41) is 0.0747. The molecule has 6 nitrogen and oxygen atoms in total. The van der Waals surface area contributed by atoms with Crippen LogP contribution in [0.2, 0.25) is 0 Å². The van der Waals surface area contributed by atoms with E-state index in [1.54, 1.807) is 6.20 Å². The lowest BCUT2D eigenvalue weighted by Crippen LogP contribution is -2.41. The lowest BCUT2D eigenvalue weighted by molar-refractivity contribution is 0.464. The SMILES string of the molecule is CCCn1cc(S(=O)(=O)NC(CN)CC(C)C)nc1C. The summed E-state index contributed by atoms with van der Waals surface area (Å²) in [7, 11) is -3.60. The van der Waals surface area contributed by atoms with Gasteiger partial charge in [0.1, 0.15) is 5.82 Å². The molecule has 1 atom stereocenters. The van der Waals surface area contributed by atoms with Gasteiger partial charge in [-0.1, -0.05) is 20.8 Å². The molecule has 0 saturated carbocycles. The van der Waals surface area contributed by atoms with E-state index in [4.69, 9.17) is 5.73 Å². The van der Waals surface area contributed by atoms with E-state index < -0.39 is 10.0 Å². The van der Waals surface area contributed by atoms with Gasteiger partial charge < -0.3 is 10.3 Å². The maximum Gasteiger partial charge on any atom is 0.259 e. The number of imidazole rings is 1. The molecular formula is C13H26N4O2S. The molecule has 0 spiro atoms. The van der Waals surface area contributed by atoms with Crippen molar-refractivity contribution in [2.45, 2.75) is 58.1 Å². The monoisotopic (exact) mass is 302 g/mol. The van der Waals surface area contributed by atoms with Gasteiger partial charge in [-0.25, -0.2) is 18.1 Å². The van der Waals surface area contributed by atoms with Crippen molar-refractivity contribution in [1.29, 1.82) is 0 Å². The third kappa shape index (κ3) is 4.57. The van der Waals surface area contributed by atoms with E-state index in [0.29, 0.717) is 18.2 Å². The summed E-state index contributed by atoms with van der Waals surface area (Å²) in [6, 6.07) is -0.253. The molecule has 116 valence electrons. The smallest absolute Gasteiger partial charge is 0.259 e. The zero-order valence-electron chi connectivity index (χ0n) is 12.8. The Morgan fingerprint density at radius 2 is 2.10 bits per heavy atom. The number of rotatable bonds is 8. The zero-order valence-corrected chi connectivity index (χ0v) is 13.6. The molecule has 0 amide bonds. The number of nitrogens with zero attached hydrogens (tertiary/aromatic N) is 2. The third-order valence-electron chi connectivity index (χ3n) is 3.06. The molecule has 1 heterocycles. The first kappa shape index (κ1) is 17.1. The molecule has 0 aromatic carbocycles. The first-order valence-electron chi connectivity index (χ1n) is 7.06. The second-order valence-electron chi connectivity index (χ2n) is 5.50. The first-order chi connectivity index (χ1) is 9.30. The molecule has 1 aromatic rings. The number of nitrogens with one attached hydrogen (secondary N) is 1. The van der Waals surface area contributed by atoms with Crippen LogP contribution in [0.25, 0.3) is 0 Å². The summed E-state index contributed by atoms with van der Waals surface area (Å²) in [5.41, 5.74) is 5.64. The van der Waals surface area contributed by atoms with Crippen molar-refractivity contribution in [3.63, 3.8) is 0 Å². The minimum Gasteiger partial charge on any atom is -0.334 e. The molecule has 1 unspecified atom stereocenters. The molecule has 3 N–H and O–H groups in total. The van der Waals surface area contributed by atoms with Gasteiger partial charge in [0, 0.05) is 25.3 Å². The molecule has 0 saturated heterocycles. The molecule has 0 fully saturated rings. The Labute approximate surface area is 121 Å². The summed E-state index contributed by atoms with van der Waals surface area (Å²) < 4.78 is 29.1. The Kier molecular flexibility index (Phi) is 6.16. The average Bonchev–Trinajstić information content (AvgIpc) is 2.70. The van der Waals surface area contributed by atoms with Gasteiger partial charge in [0.25, 0.3) is 10.0 Å². The fourth-order valence-electron chi connectivity index (χ4n) is 2.12. The van der Waals surface area contributed by atoms with E-state index in [9.17, 15) is 8.42 Å². The van der Waals surface area contributed by atoms with Gasteiger partial charge in [0.15, 0.2) is 5.03 Å². The second-order valence-corrected chi connectivity index (χ2v) is 7.16. The second kappa shape index (κ2) is 7.19. The topological polar surface area (TPSA) is 90.0 Å². The predicted octanol–water partition coefficient (Wildman–Crippen LogP) is 1.25. The quantitative estimate of drug-likeness (QED) is 0.756. The van der Waals surface area contributed by atoms with E-state index in [-0.39, 0.29) is 17.6 Å². The molecule has 0 bridgehead atoms. The number of aryl methyl sites for hydroxylation is 2. The van der Waals surface area contributed by atoms with Gasteiger partial charge >= 0.3 is 0 Å². The summed E-state index contributed by atoms with van der Waals surface area (Å²) >= 11 is 0. The number of hydrogen-bond acceptors (Lipinski definition) is 4. The maximum atomic E-state index is 12.3. The highest BCUT2D eigenvalue weighted by atomic mass is 32.2. The fraction of sp³-hybridized carbons (Fsp3) is 0.769. The Morgan fingerprint density at radius 3 is 2.60 bits per heavy atom. The molecule has 0 aliphatic rings. The normalized spacial score (nSPS) is 13.9. The van der Waals surface area contributed by atoms with Crippen molar-refractivity contribution < 1.29 is 8.42 Å². The highest BCUT2D eigenvalue weighted by Gasteiger charge is 2.23. The molecule has 1 rings (SSSR count). The summed E-state index contributed by atoms with van der Waals surface area (Å²) in [4.78, 5) is 4.14. The van der Waals surface area contributed by atoms with Gasteiger partial charge in [-0.05, 0) is 25.7 Å².